The van der Waals surface area contributed by atoms with Crippen LogP contribution in [0.15, 0.2) is 24.3 Å². The van der Waals surface area contributed by atoms with Crippen molar-refractivity contribution in [3.8, 4) is 0 Å². The third-order valence-corrected chi connectivity index (χ3v) is 5.63. The van der Waals surface area contributed by atoms with E-state index in [9.17, 15) is 9.59 Å². The number of rotatable bonds is 6. The van der Waals surface area contributed by atoms with E-state index >= 15 is 0 Å². The van der Waals surface area contributed by atoms with Crippen LogP contribution in [-0.4, -0.2) is 42.9 Å². The largest absolute Gasteiger partial charge is 0.333 e. The molecule has 0 bridgehead atoms. The van der Waals surface area contributed by atoms with Gasteiger partial charge < -0.3 is 15.5 Å². The normalized spacial score (nSPS) is 17.4. The highest BCUT2D eigenvalue weighted by Gasteiger charge is 2.43. The molecule has 1 heterocycles. The molecule has 1 saturated heterocycles. The molecule has 1 aliphatic heterocycles. The van der Waals surface area contributed by atoms with Crippen LogP contribution >= 0.6 is 24.0 Å². The van der Waals surface area contributed by atoms with Crippen molar-refractivity contribution in [2.24, 2.45) is 11.1 Å². The first-order valence-corrected chi connectivity index (χ1v) is 8.83. The predicted octanol–water partition coefficient (Wildman–Crippen LogP) is 3.09. The van der Waals surface area contributed by atoms with Gasteiger partial charge in [0.15, 0.2) is 0 Å². The third-order valence-electron chi connectivity index (χ3n) is 5.31. The number of para-hydroxylation sites is 1. The lowest BCUT2D eigenvalue weighted by Gasteiger charge is -2.35. The monoisotopic (exact) mass is 387 g/mol. The molecule has 1 aromatic carbocycles. The van der Waals surface area contributed by atoms with Crippen molar-refractivity contribution in [2.75, 3.05) is 25.0 Å². The molecule has 140 valence electrons. The van der Waals surface area contributed by atoms with Crippen molar-refractivity contribution in [1.29, 1.82) is 0 Å². The highest BCUT2D eigenvalue weighted by Crippen LogP contribution is 2.33. The van der Waals surface area contributed by atoms with Gasteiger partial charge >= 0.3 is 0 Å². The van der Waals surface area contributed by atoms with Gasteiger partial charge in [0.25, 0.3) is 0 Å². The topological polar surface area (TPSA) is 66.6 Å². The molecule has 1 unspecified atom stereocenters. The summed E-state index contributed by atoms with van der Waals surface area (Å²) in [6.07, 6.45) is 1.93. The molecule has 0 aliphatic carbocycles. The van der Waals surface area contributed by atoms with Crippen LogP contribution in [0.1, 0.15) is 33.1 Å². The van der Waals surface area contributed by atoms with Gasteiger partial charge in [-0.05, 0) is 31.4 Å². The van der Waals surface area contributed by atoms with Crippen LogP contribution in [0.5, 0.6) is 0 Å². The molecule has 25 heavy (non-hydrogen) atoms. The minimum absolute atomic E-state index is 0. The van der Waals surface area contributed by atoms with E-state index in [4.69, 9.17) is 17.3 Å². The zero-order valence-corrected chi connectivity index (χ0v) is 16.6. The van der Waals surface area contributed by atoms with Crippen molar-refractivity contribution in [2.45, 2.75) is 39.2 Å². The van der Waals surface area contributed by atoms with Crippen LogP contribution in [0.2, 0.25) is 5.02 Å². The Labute approximate surface area is 160 Å². The van der Waals surface area contributed by atoms with Crippen molar-refractivity contribution in [1.82, 2.24) is 4.90 Å². The smallest absolute Gasteiger partial charge is 0.249 e. The zero-order chi connectivity index (χ0) is 17.9. The molecule has 1 atom stereocenters. The summed E-state index contributed by atoms with van der Waals surface area (Å²) in [6, 6.07) is 6.81. The van der Waals surface area contributed by atoms with Gasteiger partial charge in [0.2, 0.25) is 11.8 Å². The molecule has 0 saturated carbocycles. The molecular weight excluding hydrogens is 361 g/mol. The number of likely N-dealkylation sites (N-methyl/N-ethyl adjacent to an activating group) is 1. The lowest BCUT2D eigenvalue weighted by molar-refractivity contribution is -0.145. The van der Waals surface area contributed by atoms with Gasteiger partial charge in [-0.15, -0.1) is 12.4 Å². The number of benzene rings is 1. The van der Waals surface area contributed by atoms with E-state index in [0.29, 0.717) is 36.5 Å². The summed E-state index contributed by atoms with van der Waals surface area (Å²) in [5.74, 6) is -0.133. The molecule has 0 aromatic heterocycles. The summed E-state index contributed by atoms with van der Waals surface area (Å²) in [7, 11) is 1.71. The molecule has 7 heteroatoms. The Morgan fingerprint density at radius 3 is 2.48 bits per heavy atom. The van der Waals surface area contributed by atoms with Crippen LogP contribution in [0, 0.1) is 5.41 Å². The van der Waals surface area contributed by atoms with Crippen LogP contribution in [0.4, 0.5) is 5.69 Å². The summed E-state index contributed by atoms with van der Waals surface area (Å²) >= 11 is 6.21. The molecule has 1 fully saturated rings. The minimum atomic E-state index is -0.590. The van der Waals surface area contributed by atoms with Gasteiger partial charge in [-0.3, -0.25) is 9.59 Å². The minimum Gasteiger partial charge on any atom is -0.333 e. The average Bonchev–Trinajstić information content (AvgIpc) is 2.98. The standard InChI is InChI=1S/C18H26ClN3O2.ClH/c1-4-18(5-2,12-20)17(24)21(3)15-10-11-22(16(15)23)14-9-7-6-8-13(14)19;/h6-9,15H,4-5,10-12,20H2,1-3H3;1H. The Balaban J connectivity index is 0.00000312. The predicted molar refractivity (Wildman–Crippen MR) is 104 cm³/mol. The fourth-order valence-corrected chi connectivity index (χ4v) is 3.62. The molecule has 2 amide bonds. The molecule has 0 radical (unpaired) electrons. The first-order chi connectivity index (χ1) is 11.4. The average molecular weight is 388 g/mol. The lowest BCUT2D eigenvalue weighted by Crippen LogP contribution is -2.51. The fraction of sp³-hybridized carbons (Fsp3) is 0.556. The van der Waals surface area contributed by atoms with Crippen LogP contribution in [0.25, 0.3) is 0 Å². The molecule has 0 spiro atoms. The first kappa shape index (κ1) is 21.7. The van der Waals surface area contributed by atoms with E-state index in [2.05, 4.69) is 0 Å². The van der Waals surface area contributed by atoms with Gasteiger partial charge in [-0.2, -0.15) is 0 Å². The van der Waals surface area contributed by atoms with E-state index in [1.54, 1.807) is 22.9 Å². The Morgan fingerprint density at radius 1 is 1.36 bits per heavy atom. The number of carbonyl (C=O) groups excluding carboxylic acids is 2. The highest BCUT2D eigenvalue weighted by molar-refractivity contribution is 6.34. The number of hydrogen-bond donors (Lipinski definition) is 1. The van der Waals surface area contributed by atoms with Gasteiger partial charge in [0.1, 0.15) is 6.04 Å². The third kappa shape index (κ3) is 3.94. The van der Waals surface area contributed by atoms with Crippen molar-refractivity contribution < 1.29 is 9.59 Å². The number of nitrogens with zero attached hydrogens (tertiary/aromatic N) is 2. The molecule has 1 aromatic rings. The van der Waals surface area contributed by atoms with E-state index < -0.39 is 11.5 Å². The second kappa shape index (κ2) is 8.88. The van der Waals surface area contributed by atoms with Gasteiger partial charge in [0, 0.05) is 20.1 Å². The summed E-state index contributed by atoms with van der Waals surface area (Å²) < 4.78 is 0. The number of hydrogen-bond acceptors (Lipinski definition) is 3. The molecule has 2 N–H and O–H groups in total. The summed E-state index contributed by atoms with van der Waals surface area (Å²) in [6.45, 7) is 4.78. The maximum atomic E-state index is 13.0. The summed E-state index contributed by atoms with van der Waals surface area (Å²) in [5.41, 5.74) is 5.99. The van der Waals surface area contributed by atoms with Crippen LogP contribution in [-0.2, 0) is 9.59 Å². The number of carbonyl (C=O) groups is 2. The summed E-state index contributed by atoms with van der Waals surface area (Å²) in [4.78, 5) is 29.0. The SMILES string of the molecule is CCC(CC)(CN)C(=O)N(C)C1CCN(c2ccccc2Cl)C1=O.Cl. The second-order valence-electron chi connectivity index (χ2n) is 6.35. The number of nitrogens with two attached hydrogens (primary N) is 1. The van der Waals surface area contributed by atoms with E-state index in [-0.39, 0.29) is 30.8 Å². The van der Waals surface area contributed by atoms with Crippen molar-refractivity contribution in [3.05, 3.63) is 29.3 Å². The number of amides is 2. The highest BCUT2D eigenvalue weighted by atomic mass is 35.5. The van der Waals surface area contributed by atoms with E-state index in [0.717, 1.165) is 0 Å². The quantitative estimate of drug-likeness (QED) is 0.815. The zero-order valence-electron chi connectivity index (χ0n) is 15.0. The molecule has 1 aliphatic rings. The Kier molecular flexibility index (Phi) is 7.72. The maximum absolute atomic E-state index is 13.0. The number of anilines is 1. The Hall–Kier alpha value is -1.30. The van der Waals surface area contributed by atoms with Gasteiger partial charge in [-0.1, -0.05) is 37.6 Å². The lowest BCUT2D eigenvalue weighted by atomic mass is 9.80. The molecule has 5 nitrogen and oxygen atoms in total. The Bertz CT molecular complexity index is 612. The molecule has 2 rings (SSSR count). The van der Waals surface area contributed by atoms with Crippen LogP contribution < -0.4 is 10.6 Å². The first-order valence-electron chi connectivity index (χ1n) is 8.45. The maximum Gasteiger partial charge on any atom is 0.249 e. The summed E-state index contributed by atoms with van der Waals surface area (Å²) in [5, 5.41) is 0.541. The number of halogens is 2. The fourth-order valence-electron chi connectivity index (χ4n) is 3.38. The second-order valence-corrected chi connectivity index (χ2v) is 6.76. The van der Waals surface area contributed by atoms with Gasteiger partial charge in [-0.25, -0.2) is 0 Å². The Morgan fingerprint density at radius 2 is 1.96 bits per heavy atom. The van der Waals surface area contributed by atoms with Crippen molar-refractivity contribution in [3.63, 3.8) is 0 Å². The van der Waals surface area contributed by atoms with Crippen molar-refractivity contribution >= 4 is 41.5 Å². The van der Waals surface area contributed by atoms with E-state index in [1.807, 2.05) is 32.0 Å². The van der Waals surface area contributed by atoms with Crippen LogP contribution in [0.3, 0.4) is 0 Å². The molecular formula is C18H27Cl2N3O2. The van der Waals surface area contributed by atoms with Gasteiger partial charge in [0.05, 0.1) is 16.1 Å². The van der Waals surface area contributed by atoms with E-state index in [1.165, 1.54) is 0 Å².